The maximum atomic E-state index is 11.9. The average Bonchev–Trinajstić information content (AvgIpc) is 2.59. The lowest BCUT2D eigenvalue weighted by atomic mass is 9.86. The van der Waals surface area contributed by atoms with E-state index in [4.69, 9.17) is 9.84 Å². The topological polar surface area (TPSA) is 117 Å². The summed E-state index contributed by atoms with van der Waals surface area (Å²) < 4.78 is 5.55. The number of carboxylic acid groups (broad SMARTS) is 1. The number of anilines is 1. The molecule has 3 amide bonds. The van der Waals surface area contributed by atoms with Crippen LogP contribution in [-0.4, -0.2) is 42.2 Å². The van der Waals surface area contributed by atoms with Crippen LogP contribution in [0, 0.1) is 5.92 Å². The van der Waals surface area contributed by atoms with E-state index in [2.05, 4.69) is 16.0 Å². The van der Waals surface area contributed by atoms with Crippen molar-refractivity contribution in [3.05, 3.63) is 24.3 Å². The third-order valence-corrected chi connectivity index (χ3v) is 4.22. The van der Waals surface area contributed by atoms with Crippen LogP contribution in [-0.2, 0) is 9.59 Å². The van der Waals surface area contributed by atoms with Crippen molar-refractivity contribution in [3.8, 4) is 5.75 Å². The van der Waals surface area contributed by atoms with Crippen molar-refractivity contribution in [1.82, 2.24) is 10.6 Å². The van der Waals surface area contributed by atoms with Crippen molar-refractivity contribution in [1.29, 1.82) is 0 Å². The first-order valence-electron chi connectivity index (χ1n) is 8.71. The highest BCUT2D eigenvalue weighted by Crippen LogP contribution is 2.24. The monoisotopic (exact) mass is 363 g/mol. The van der Waals surface area contributed by atoms with Gasteiger partial charge in [-0.25, -0.2) is 4.79 Å². The Balaban J connectivity index is 1.63. The van der Waals surface area contributed by atoms with E-state index in [9.17, 15) is 14.4 Å². The van der Waals surface area contributed by atoms with Crippen LogP contribution in [0.25, 0.3) is 0 Å². The lowest BCUT2D eigenvalue weighted by Gasteiger charge is -2.26. The van der Waals surface area contributed by atoms with E-state index in [1.54, 1.807) is 24.3 Å². The Morgan fingerprint density at radius 2 is 1.92 bits per heavy atom. The van der Waals surface area contributed by atoms with E-state index in [1.807, 2.05) is 0 Å². The second kappa shape index (κ2) is 9.65. The molecule has 1 aliphatic rings. The quantitative estimate of drug-likeness (QED) is 0.553. The Bertz CT molecular complexity index is 641. The van der Waals surface area contributed by atoms with Gasteiger partial charge in [0, 0.05) is 24.7 Å². The average molecular weight is 363 g/mol. The van der Waals surface area contributed by atoms with Gasteiger partial charge in [0.15, 0.2) is 0 Å². The summed E-state index contributed by atoms with van der Waals surface area (Å²) in [6, 6.07) is 6.75. The normalized spacial score (nSPS) is 19.3. The van der Waals surface area contributed by atoms with Crippen molar-refractivity contribution < 1.29 is 24.2 Å². The SMILES string of the molecule is CC(=O)Nc1cccc(OCCNC(=O)NC2CCC(C(=O)O)CC2)c1. The number of carbonyl (C=O) groups is 3. The van der Waals surface area contributed by atoms with Crippen LogP contribution in [0.5, 0.6) is 5.75 Å². The van der Waals surface area contributed by atoms with Gasteiger partial charge in [0.25, 0.3) is 0 Å². The number of amides is 3. The summed E-state index contributed by atoms with van der Waals surface area (Å²) in [5.41, 5.74) is 0.651. The molecule has 4 N–H and O–H groups in total. The molecule has 0 radical (unpaired) electrons. The second-order valence-corrected chi connectivity index (χ2v) is 6.34. The molecule has 8 heteroatoms. The van der Waals surface area contributed by atoms with Crippen LogP contribution < -0.4 is 20.7 Å². The maximum Gasteiger partial charge on any atom is 0.315 e. The molecule has 0 aromatic heterocycles. The molecule has 1 fully saturated rings. The molecule has 1 aromatic rings. The van der Waals surface area contributed by atoms with E-state index >= 15 is 0 Å². The van der Waals surface area contributed by atoms with Crippen molar-refractivity contribution in [2.75, 3.05) is 18.5 Å². The van der Waals surface area contributed by atoms with Gasteiger partial charge in [-0.1, -0.05) is 6.07 Å². The summed E-state index contributed by atoms with van der Waals surface area (Å²) in [4.78, 5) is 33.8. The molecule has 142 valence electrons. The first kappa shape index (κ1) is 19.6. The smallest absolute Gasteiger partial charge is 0.315 e. The van der Waals surface area contributed by atoms with Gasteiger partial charge >= 0.3 is 12.0 Å². The van der Waals surface area contributed by atoms with E-state index < -0.39 is 5.97 Å². The molecule has 1 aliphatic carbocycles. The van der Waals surface area contributed by atoms with Crippen LogP contribution in [0.1, 0.15) is 32.6 Å². The number of hydrogen-bond donors (Lipinski definition) is 4. The van der Waals surface area contributed by atoms with E-state index in [-0.39, 0.29) is 23.9 Å². The van der Waals surface area contributed by atoms with Crippen molar-refractivity contribution in [2.24, 2.45) is 5.92 Å². The molecule has 0 unspecified atom stereocenters. The van der Waals surface area contributed by atoms with Crippen molar-refractivity contribution >= 4 is 23.6 Å². The molecule has 2 rings (SSSR count). The first-order chi connectivity index (χ1) is 12.4. The maximum absolute atomic E-state index is 11.9. The van der Waals surface area contributed by atoms with Gasteiger partial charge in [-0.15, -0.1) is 0 Å². The predicted molar refractivity (Wildman–Crippen MR) is 96.2 cm³/mol. The third-order valence-electron chi connectivity index (χ3n) is 4.22. The first-order valence-corrected chi connectivity index (χ1v) is 8.71. The van der Waals surface area contributed by atoms with E-state index in [0.29, 0.717) is 50.3 Å². The highest BCUT2D eigenvalue weighted by molar-refractivity contribution is 5.88. The number of urea groups is 1. The zero-order valence-corrected chi connectivity index (χ0v) is 14.8. The Labute approximate surface area is 152 Å². The molecular weight excluding hydrogens is 338 g/mol. The molecular formula is C18H25N3O5. The molecule has 0 saturated heterocycles. The summed E-state index contributed by atoms with van der Waals surface area (Å²) in [5, 5.41) is 17.2. The molecule has 0 spiro atoms. The van der Waals surface area contributed by atoms with Crippen LogP contribution >= 0.6 is 0 Å². The number of nitrogens with one attached hydrogen (secondary N) is 3. The summed E-state index contributed by atoms with van der Waals surface area (Å²) in [7, 11) is 0. The molecule has 0 aliphatic heterocycles. The number of hydrogen-bond acceptors (Lipinski definition) is 4. The Hall–Kier alpha value is -2.77. The lowest BCUT2D eigenvalue weighted by molar-refractivity contribution is -0.142. The number of carboxylic acids is 1. The van der Waals surface area contributed by atoms with Crippen LogP contribution in [0.2, 0.25) is 0 Å². The van der Waals surface area contributed by atoms with Crippen LogP contribution in [0.15, 0.2) is 24.3 Å². The largest absolute Gasteiger partial charge is 0.492 e. The number of aliphatic carboxylic acids is 1. The number of rotatable bonds is 7. The molecule has 26 heavy (non-hydrogen) atoms. The van der Waals surface area contributed by atoms with Gasteiger partial charge in [0.05, 0.1) is 12.5 Å². The Morgan fingerprint density at radius 1 is 1.19 bits per heavy atom. The van der Waals surface area contributed by atoms with E-state index in [0.717, 1.165) is 0 Å². The highest BCUT2D eigenvalue weighted by Gasteiger charge is 2.26. The van der Waals surface area contributed by atoms with Crippen molar-refractivity contribution in [2.45, 2.75) is 38.6 Å². The zero-order chi connectivity index (χ0) is 18.9. The second-order valence-electron chi connectivity index (χ2n) is 6.34. The lowest BCUT2D eigenvalue weighted by Crippen LogP contribution is -2.45. The molecule has 0 bridgehead atoms. The minimum atomic E-state index is -0.757. The summed E-state index contributed by atoms with van der Waals surface area (Å²) >= 11 is 0. The van der Waals surface area contributed by atoms with Gasteiger partial charge in [-0.3, -0.25) is 9.59 Å². The van der Waals surface area contributed by atoms with Gasteiger partial charge in [-0.05, 0) is 37.8 Å². The standard InChI is InChI=1S/C18H25N3O5/c1-12(22)20-15-3-2-4-16(11-15)26-10-9-19-18(25)21-14-7-5-13(6-8-14)17(23)24/h2-4,11,13-14H,5-10H2,1H3,(H,20,22)(H,23,24)(H2,19,21,25). The molecule has 1 aromatic carbocycles. The fourth-order valence-corrected chi connectivity index (χ4v) is 2.92. The number of benzene rings is 1. The zero-order valence-electron chi connectivity index (χ0n) is 14.8. The number of carbonyl (C=O) groups excluding carboxylic acids is 2. The third kappa shape index (κ3) is 6.62. The fourth-order valence-electron chi connectivity index (χ4n) is 2.92. The minimum Gasteiger partial charge on any atom is -0.492 e. The molecule has 8 nitrogen and oxygen atoms in total. The number of ether oxygens (including phenoxy) is 1. The van der Waals surface area contributed by atoms with Gasteiger partial charge in [0.1, 0.15) is 12.4 Å². The molecule has 0 atom stereocenters. The van der Waals surface area contributed by atoms with Gasteiger partial charge in [0.2, 0.25) is 5.91 Å². The highest BCUT2D eigenvalue weighted by atomic mass is 16.5. The van der Waals surface area contributed by atoms with Gasteiger partial charge in [-0.2, -0.15) is 0 Å². The summed E-state index contributed by atoms with van der Waals surface area (Å²) in [6.45, 7) is 2.06. The molecule has 1 saturated carbocycles. The summed E-state index contributed by atoms with van der Waals surface area (Å²) in [5.74, 6) is -0.603. The minimum absolute atomic E-state index is 0.0147. The predicted octanol–water partition coefficient (Wildman–Crippen LogP) is 1.97. The Kier molecular flexibility index (Phi) is 7.25. The van der Waals surface area contributed by atoms with Crippen LogP contribution in [0.4, 0.5) is 10.5 Å². The van der Waals surface area contributed by atoms with Gasteiger partial charge < -0.3 is 25.8 Å². The Morgan fingerprint density at radius 3 is 2.58 bits per heavy atom. The fraction of sp³-hybridized carbons (Fsp3) is 0.500. The van der Waals surface area contributed by atoms with Crippen LogP contribution in [0.3, 0.4) is 0 Å². The summed E-state index contributed by atoms with van der Waals surface area (Å²) in [6.07, 6.45) is 2.54. The van der Waals surface area contributed by atoms with E-state index in [1.165, 1.54) is 6.92 Å². The van der Waals surface area contributed by atoms with Crippen molar-refractivity contribution in [3.63, 3.8) is 0 Å². The molecule has 0 heterocycles.